The molecule has 0 saturated carbocycles. The van der Waals surface area contributed by atoms with E-state index in [9.17, 15) is 9.90 Å². The maximum Gasteiger partial charge on any atom is 0.255 e. The van der Waals surface area contributed by atoms with Crippen LogP contribution in [0.3, 0.4) is 0 Å². The van der Waals surface area contributed by atoms with Crippen LogP contribution in [0.4, 0.5) is 0 Å². The second kappa shape index (κ2) is 5.99. The van der Waals surface area contributed by atoms with Gasteiger partial charge in [0.1, 0.15) is 11.5 Å². The number of ether oxygens (including phenoxy) is 1. The molecule has 0 saturated heterocycles. The van der Waals surface area contributed by atoms with Crippen molar-refractivity contribution in [3.63, 3.8) is 0 Å². The molecule has 0 fully saturated rings. The van der Waals surface area contributed by atoms with Crippen molar-refractivity contribution >= 4 is 10.9 Å². The molecule has 2 N–H and O–H groups in total. The third kappa shape index (κ3) is 2.95. The minimum atomic E-state index is -0.239. The van der Waals surface area contributed by atoms with Crippen LogP contribution in [0, 0.1) is 5.92 Å². The molecule has 0 bridgehead atoms. The predicted molar refractivity (Wildman–Crippen MR) is 80.6 cm³/mol. The fraction of sp³-hybridized carbons (Fsp3) is 0.438. The molecule has 0 aliphatic rings. The van der Waals surface area contributed by atoms with E-state index in [-0.39, 0.29) is 11.3 Å². The summed E-state index contributed by atoms with van der Waals surface area (Å²) in [4.78, 5) is 14.6. The second-order valence-corrected chi connectivity index (χ2v) is 5.37. The minimum absolute atomic E-state index is 0.0694. The summed E-state index contributed by atoms with van der Waals surface area (Å²) in [5.74, 6) is 1.36. The summed E-state index contributed by atoms with van der Waals surface area (Å²) in [5.41, 5.74) is 0.787. The fourth-order valence-corrected chi connectivity index (χ4v) is 2.13. The van der Waals surface area contributed by atoms with Crippen LogP contribution >= 0.6 is 0 Å². The number of nitrogens with one attached hydrogen (secondary N) is 1. The number of H-pyrrole nitrogens is 1. The molecule has 0 spiro atoms. The Morgan fingerprint density at radius 3 is 2.75 bits per heavy atom. The number of fused-ring (bicyclic) bond motifs is 1. The standard InChI is InChI=1S/C16H21NO3/c1-4-12-15(18)13-6-5-11(20-8-7-10(2)3)9-14(13)17-16(12)19/h5-6,9-10H,4,7-8H2,1-3H3,(H2,17,18,19). The van der Waals surface area contributed by atoms with Gasteiger partial charge in [-0.25, -0.2) is 0 Å². The lowest BCUT2D eigenvalue weighted by molar-refractivity contribution is 0.290. The average molecular weight is 275 g/mol. The topological polar surface area (TPSA) is 62.3 Å². The van der Waals surface area contributed by atoms with Gasteiger partial charge < -0.3 is 14.8 Å². The van der Waals surface area contributed by atoms with Crippen LogP contribution in [-0.4, -0.2) is 16.7 Å². The average Bonchev–Trinajstić information content (AvgIpc) is 2.38. The van der Waals surface area contributed by atoms with Crippen molar-refractivity contribution in [2.24, 2.45) is 5.92 Å². The van der Waals surface area contributed by atoms with E-state index in [0.717, 1.165) is 6.42 Å². The zero-order chi connectivity index (χ0) is 14.7. The highest BCUT2D eigenvalue weighted by Crippen LogP contribution is 2.28. The molecule has 0 amide bonds. The first-order valence-corrected chi connectivity index (χ1v) is 7.03. The Morgan fingerprint density at radius 2 is 2.10 bits per heavy atom. The summed E-state index contributed by atoms with van der Waals surface area (Å²) >= 11 is 0. The fourth-order valence-electron chi connectivity index (χ4n) is 2.13. The highest BCUT2D eigenvalue weighted by atomic mass is 16.5. The maximum atomic E-state index is 11.8. The van der Waals surface area contributed by atoms with Crippen LogP contribution in [0.25, 0.3) is 10.9 Å². The minimum Gasteiger partial charge on any atom is -0.507 e. The molecule has 1 aromatic heterocycles. The molecule has 2 aromatic rings. The summed E-state index contributed by atoms with van der Waals surface area (Å²) in [6.45, 7) is 6.78. The van der Waals surface area contributed by atoms with Gasteiger partial charge in [-0.2, -0.15) is 0 Å². The third-order valence-corrected chi connectivity index (χ3v) is 3.37. The van der Waals surface area contributed by atoms with E-state index in [4.69, 9.17) is 4.74 Å². The van der Waals surface area contributed by atoms with Gasteiger partial charge in [-0.1, -0.05) is 20.8 Å². The van der Waals surface area contributed by atoms with Crippen LogP contribution in [0.5, 0.6) is 11.5 Å². The molecule has 1 heterocycles. The maximum absolute atomic E-state index is 11.8. The lowest BCUT2D eigenvalue weighted by Crippen LogP contribution is -2.12. The summed E-state index contributed by atoms with van der Waals surface area (Å²) in [6.07, 6.45) is 1.48. The highest BCUT2D eigenvalue weighted by Gasteiger charge is 2.10. The molecule has 0 radical (unpaired) electrons. The van der Waals surface area contributed by atoms with Crippen LogP contribution in [0.2, 0.25) is 0 Å². The Morgan fingerprint density at radius 1 is 1.35 bits per heavy atom. The molecule has 0 aliphatic carbocycles. The van der Waals surface area contributed by atoms with Crippen molar-refractivity contribution < 1.29 is 9.84 Å². The van der Waals surface area contributed by atoms with E-state index in [0.29, 0.717) is 41.2 Å². The van der Waals surface area contributed by atoms with Gasteiger partial charge in [0.2, 0.25) is 0 Å². The number of aromatic nitrogens is 1. The van der Waals surface area contributed by atoms with Gasteiger partial charge in [0, 0.05) is 11.5 Å². The number of benzene rings is 1. The Balaban J connectivity index is 2.33. The number of hydrogen-bond acceptors (Lipinski definition) is 3. The van der Waals surface area contributed by atoms with Crippen molar-refractivity contribution in [3.05, 3.63) is 34.1 Å². The lowest BCUT2D eigenvalue weighted by Gasteiger charge is -2.10. The molecule has 2 rings (SSSR count). The summed E-state index contributed by atoms with van der Waals surface area (Å²) < 4.78 is 5.66. The Kier molecular flexibility index (Phi) is 4.32. The number of aromatic amines is 1. The molecule has 0 atom stereocenters. The van der Waals surface area contributed by atoms with Crippen LogP contribution < -0.4 is 10.3 Å². The van der Waals surface area contributed by atoms with Crippen molar-refractivity contribution in [2.45, 2.75) is 33.6 Å². The van der Waals surface area contributed by atoms with E-state index in [1.165, 1.54) is 0 Å². The highest BCUT2D eigenvalue weighted by molar-refractivity contribution is 5.86. The van der Waals surface area contributed by atoms with Gasteiger partial charge in [-0.15, -0.1) is 0 Å². The first kappa shape index (κ1) is 14.4. The van der Waals surface area contributed by atoms with E-state index < -0.39 is 0 Å². The molecule has 4 nitrogen and oxygen atoms in total. The van der Waals surface area contributed by atoms with Crippen LogP contribution in [-0.2, 0) is 6.42 Å². The molecular formula is C16H21NO3. The van der Waals surface area contributed by atoms with Gasteiger partial charge in [0.05, 0.1) is 17.7 Å². The van der Waals surface area contributed by atoms with Gasteiger partial charge in [0.15, 0.2) is 0 Å². The summed E-state index contributed by atoms with van der Waals surface area (Å²) in [5, 5.41) is 10.8. The Labute approximate surface area is 118 Å². The largest absolute Gasteiger partial charge is 0.507 e. The number of pyridine rings is 1. The molecule has 20 heavy (non-hydrogen) atoms. The number of rotatable bonds is 5. The predicted octanol–water partition coefficient (Wildman–Crippen LogP) is 3.22. The number of hydrogen-bond donors (Lipinski definition) is 2. The molecule has 0 unspecified atom stereocenters. The zero-order valence-corrected chi connectivity index (χ0v) is 12.2. The van der Waals surface area contributed by atoms with Crippen LogP contribution in [0.1, 0.15) is 32.8 Å². The zero-order valence-electron chi connectivity index (χ0n) is 12.2. The SMILES string of the molecule is CCc1c(O)c2ccc(OCCC(C)C)cc2[nH]c1=O. The quantitative estimate of drug-likeness (QED) is 0.880. The van der Waals surface area contributed by atoms with Crippen molar-refractivity contribution in [1.82, 2.24) is 4.98 Å². The first-order chi connectivity index (χ1) is 9.52. The molecule has 108 valence electrons. The first-order valence-electron chi connectivity index (χ1n) is 7.03. The van der Waals surface area contributed by atoms with E-state index in [1.807, 2.05) is 13.0 Å². The lowest BCUT2D eigenvalue weighted by atomic mass is 10.1. The van der Waals surface area contributed by atoms with E-state index in [1.54, 1.807) is 12.1 Å². The molecular weight excluding hydrogens is 254 g/mol. The van der Waals surface area contributed by atoms with E-state index >= 15 is 0 Å². The number of aromatic hydroxyl groups is 1. The molecule has 4 heteroatoms. The van der Waals surface area contributed by atoms with Crippen molar-refractivity contribution in [3.8, 4) is 11.5 Å². The van der Waals surface area contributed by atoms with Crippen molar-refractivity contribution in [1.29, 1.82) is 0 Å². The second-order valence-electron chi connectivity index (χ2n) is 5.37. The normalized spacial score (nSPS) is 11.2. The Bertz CT molecular complexity index is 659. The summed E-state index contributed by atoms with van der Waals surface area (Å²) in [6, 6.07) is 5.36. The smallest absolute Gasteiger partial charge is 0.255 e. The third-order valence-electron chi connectivity index (χ3n) is 3.37. The van der Waals surface area contributed by atoms with Crippen LogP contribution in [0.15, 0.2) is 23.0 Å². The monoisotopic (exact) mass is 275 g/mol. The van der Waals surface area contributed by atoms with Gasteiger partial charge >= 0.3 is 0 Å². The summed E-state index contributed by atoms with van der Waals surface area (Å²) in [7, 11) is 0. The van der Waals surface area contributed by atoms with Gasteiger partial charge in [-0.05, 0) is 30.9 Å². The molecule has 1 aromatic carbocycles. The molecule has 0 aliphatic heterocycles. The Hall–Kier alpha value is -1.97. The van der Waals surface area contributed by atoms with Gasteiger partial charge in [-0.3, -0.25) is 4.79 Å². The van der Waals surface area contributed by atoms with Crippen molar-refractivity contribution in [2.75, 3.05) is 6.61 Å². The van der Waals surface area contributed by atoms with E-state index in [2.05, 4.69) is 18.8 Å². The van der Waals surface area contributed by atoms with Gasteiger partial charge in [0.25, 0.3) is 5.56 Å².